The second kappa shape index (κ2) is 9.41. The molecule has 0 aliphatic carbocycles. The highest BCUT2D eigenvalue weighted by Gasteiger charge is 2.18. The fourth-order valence-corrected chi connectivity index (χ4v) is 3.40. The van der Waals surface area contributed by atoms with E-state index >= 15 is 0 Å². The van der Waals surface area contributed by atoms with Crippen LogP contribution in [0.3, 0.4) is 0 Å². The third-order valence-corrected chi connectivity index (χ3v) is 5.25. The molecular weight excluding hydrogens is 372 g/mol. The smallest absolute Gasteiger partial charge is 0.230 e. The fourth-order valence-electron chi connectivity index (χ4n) is 2.65. The molecule has 0 aliphatic heterocycles. The van der Waals surface area contributed by atoms with Crippen LogP contribution in [0.4, 0.5) is 0 Å². The number of benzene rings is 2. The summed E-state index contributed by atoms with van der Waals surface area (Å²) in [6.07, 6.45) is -0.246. The molecule has 0 saturated heterocycles. The predicted octanol–water partition coefficient (Wildman–Crippen LogP) is 3.67. The summed E-state index contributed by atoms with van der Waals surface area (Å²) in [7, 11) is 1.88. The summed E-state index contributed by atoms with van der Waals surface area (Å²) in [5, 5.41) is 12.0. The molecule has 28 heavy (non-hydrogen) atoms. The summed E-state index contributed by atoms with van der Waals surface area (Å²) in [6, 6.07) is 17.7. The first-order chi connectivity index (χ1) is 13.5. The number of rotatable bonds is 8. The Bertz CT molecular complexity index is 910. The largest absolute Gasteiger partial charge is 0.483 e. The average molecular weight is 397 g/mol. The second-order valence-corrected chi connectivity index (χ2v) is 7.47. The van der Waals surface area contributed by atoms with E-state index in [0.717, 1.165) is 11.3 Å². The van der Waals surface area contributed by atoms with Gasteiger partial charge in [-0.2, -0.15) is 0 Å². The van der Waals surface area contributed by atoms with Crippen LogP contribution in [0, 0.1) is 6.92 Å². The molecule has 1 unspecified atom stereocenters. The van der Waals surface area contributed by atoms with Gasteiger partial charge in [-0.3, -0.25) is 4.79 Å². The van der Waals surface area contributed by atoms with Gasteiger partial charge in [0.1, 0.15) is 5.75 Å². The van der Waals surface area contributed by atoms with Gasteiger partial charge in [0.25, 0.3) is 0 Å². The fraction of sp³-hybridized carbons (Fsp3) is 0.286. The number of ether oxygens (including phenoxy) is 1. The lowest BCUT2D eigenvalue weighted by Crippen LogP contribution is -2.24. The molecule has 0 saturated carbocycles. The Balaban J connectivity index is 1.50. The lowest BCUT2D eigenvalue weighted by atomic mass is 10.1. The van der Waals surface area contributed by atoms with Crippen LogP contribution in [0.1, 0.15) is 30.0 Å². The monoisotopic (exact) mass is 396 g/mol. The van der Waals surface area contributed by atoms with E-state index in [1.807, 2.05) is 80.1 Å². The van der Waals surface area contributed by atoms with E-state index < -0.39 is 0 Å². The highest BCUT2D eigenvalue weighted by molar-refractivity contribution is 7.99. The van der Waals surface area contributed by atoms with Crippen molar-refractivity contribution >= 4 is 17.7 Å². The molecule has 1 atom stereocenters. The molecule has 3 aromatic rings. The predicted molar refractivity (Wildman–Crippen MR) is 110 cm³/mol. The first-order valence-electron chi connectivity index (χ1n) is 9.09. The van der Waals surface area contributed by atoms with E-state index in [0.29, 0.717) is 17.5 Å². The Morgan fingerprint density at radius 3 is 2.57 bits per heavy atom. The van der Waals surface area contributed by atoms with Crippen LogP contribution in [0.5, 0.6) is 5.75 Å². The minimum atomic E-state index is -0.246. The second-order valence-electron chi connectivity index (χ2n) is 6.52. The van der Waals surface area contributed by atoms with Crippen molar-refractivity contribution in [2.24, 2.45) is 7.05 Å². The Hall–Kier alpha value is -2.80. The van der Waals surface area contributed by atoms with Gasteiger partial charge in [0.2, 0.25) is 5.91 Å². The van der Waals surface area contributed by atoms with Crippen molar-refractivity contribution in [3.05, 3.63) is 71.5 Å². The molecule has 1 heterocycles. The van der Waals surface area contributed by atoms with Crippen LogP contribution >= 0.6 is 11.8 Å². The van der Waals surface area contributed by atoms with Gasteiger partial charge in [-0.05, 0) is 31.5 Å². The molecule has 0 aliphatic rings. The first kappa shape index (κ1) is 19.9. The van der Waals surface area contributed by atoms with Gasteiger partial charge in [-0.25, -0.2) is 0 Å². The topological polar surface area (TPSA) is 69.0 Å². The van der Waals surface area contributed by atoms with Crippen LogP contribution in [0.15, 0.2) is 59.8 Å². The zero-order valence-electron chi connectivity index (χ0n) is 16.3. The molecule has 3 rings (SSSR count). The Morgan fingerprint density at radius 2 is 1.86 bits per heavy atom. The van der Waals surface area contributed by atoms with Gasteiger partial charge >= 0.3 is 0 Å². The van der Waals surface area contributed by atoms with Gasteiger partial charge in [0.15, 0.2) is 17.1 Å². The van der Waals surface area contributed by atoms with Gasteiger partial charge < -0.3 is 14.6 Å². The van der Waals surface area contributed by atoms with Gasteiger partial charge in [-0.1, -0.05) is 59.8 Å². The first-order valence-corrected chi connectivity index (χ1v) is 10.1. The summed E-state index contributed by atoms with van der Waals surface area (Å²) >= 11 is 1.36. The Morgan fingerprint density at radius 1 is 1.14 bits per heavy atom. The Labute approximate surface area is 169 Å². The molecule has 2 aromatic carbocycles. The Kier molecular flexibility index (Phi) is 6.71. The molecular formula is C21H24N4O2S. The number of hydrogen-bond acceptors (Lipinski definition) is 5. The zero-order chi connectivity index (χ0) is 19.9. The van der Waals surface area contributed by atoms with Crippen LogP contribution in [0.25, 0.3) is 0 Å². The van der Waals surface area contributed by atoms with Crippen LogP contribution < -0.4 is 10.1 Å². The third-order valence-electron chi connectivity index (χ3n) is 4.23. The zero-order valence-corrected chi connectivity index (χ0v) is 17.1. The van der Waals surface area contributed by atoms with Crippen molar-refractivity contribution < 1.29 is 9.53 Å². The van der Waals surface area contributed by atoms with Crippen molar-refractivity contribution in [1.29, 1.82) is 0 Å². The number of aromatic nitrogens is 3. The number of aryl methyl sites for hydroxylation is 1. The lowest BCUT2D eigenvalue weighted by Gasteiger charge is -2.14. The number of thioether (sulfide) groups is 1. The molecule has 146 valence electrons. The minimum absolute atomic E-state index is 0.0382. The maximum atomic E-state index is 12.1. The van der Waals surface area contributed by atoms with Crippen molar-refractivity contribution in [2.75, 3.05) is 5.75 Å². The van der Waals surface area contributed by atoms with E-state index in [9.17, 15) is 4.79 Å². The summed E-state index contributed by atoms with van der Waals surface area (Å²) in [5.41, 5.74) is 2.28. The van der Waals surface area contributed by atoms with E-state index in [4.69, 9.17) is 4.74 Å². The summed E-state index contributed by atoms with van der Waals surface area (Å²) < 4.78 is 7.77. The molecule has 0 bridgehead atoms. The minimum Gasteiger partial charge on any atom is -0.483 e. The van der Waals surface area contributed by atoms with E-state index in [1.165, 1.54) is 17.3 Å². The summed E-state index contributed by atoms with van der Waals surface area (Å²) in [4.78, 5) is 12.1. The third kappa shape index (κ3) is 5.36. The normalized spacial score (nSPS) is 11.8. The standard InChI is InChI=1S/C21H24N4O2S/c1-15-9-11-17(12-10-15)13-22-19(26)14-28-21-24-23-20(25(21)3)16(2)27-18-7-5-4-6-8-18/h4-12,16H,13-14H2,1-3H3,(H,22,26). The van der Waals surface area contributed by atoms with Crippen LogP contribution in [0.2, 0.25) is 0 Å². The van der Waals surface area contributed by atoms with Gasteiger partial charge in [-0.15, -0.1) is 10.2 Å². The van der Waals surface area contributed by atoms with Gasteiger partial charge in [0, 0.05) is 13.6 Å². The molecule has 6 nitrogen and oxygen atoms in total. The molecule has 1 amide bonds. The van der Waals surface area contributed by atoms with Gasteiger partial charge in [0.05, 0.1) is 5.75 Å². The summed E-state index contributed by atoms with van der Waals surface area (Å²) in [6.45, 7) is 4.49. The molecule has 0 spiro atoms. The number of nitrogens with one attached hydrogen (secondary N) is 1. The van der Waals surface area contributed by atoms with E-state index in [1.54, 1.807) is 0 Å². The van der Waals surface area contributed by atoms with Crippen molar-refractivity contribution in [1.82, 2.24) is 20.1 Å². The quantitative estimate of drug-likeness (QED) is 0.589. The highest BCUT2D eigenvalue weighted by Crippen LogP contribution is 2.23. The van der Waals surface area contributed by atoms with Crippen molar-refractivity contribution in [3.8, 4) is 5.75 Å². The number of carbonyl (C=O) groups excluding carboxylic acids is 1. The number of hydrogen-bond donors (Lipinski definition) is 1. The SMILES string of the molecule is Cc1ccc(CNC(=O)CSc2nnc(C(C)Oc3ccccc3)n2C)cc1. The molecule has 0 radical (unpaired) electrons. The van der Waals surface area contributed by atoms with Crippen LogP contribution in [-0.4, -0.2) is 26.4 Å². The summed E-state index contributed by atoms with van der Waals surface area (Å²) in [5.74, 6) is 1.74. The maximum absolute atomic E-state index is 12.1. The number of amides is 1. The number of carbonyl (C=O) groups is 1. The van der Waals surface area contributed by atoms with Crippen molar-refractivity contribution in [2.45, 2.75) is 31.7 Å². The molecule has 1 aromatic heterocycles. The number of para-hydroxylation sites is 1. The van der Waals surface area contributed by atoms with Crippen molar-refractivity contribution in [3.63, 3.8) is 0 Å². The maximum Gasteiger partial charge on any atom is 0.230 e. The lowest BCUT2D eigenvalue weighted by molar-refractivity contribution is -0.118. The number of nitrogens with zero attached hydrogens (tertiary/aromatic N) is 3. The highest BCUT2D eigenvalue weighted by atomic mass is 32.2. The molecule has 7 heteroatoms. The van der Waals surface area contributed by atoms with E-state index in [2.05, 4.69) is 15.5 Å². The van der Waals surface area contributed by atoms with Crippen LogP contribution in [-0.2, 0) is 18.4 Å². The molecule has 1 N–H and O–H groups in total. The average Bonchev–Trinajstić information content (AvgIpc) is 3.07. The molecule has 0 fully saturated rings. The van der Waals surface area contributed by atoms with E-state index in [-0.39, 0.29) is 17.8 Å².